The highest BCUT2D eigenvalue weighted by molar-refractivity contribution is 5.95. The molecule has 0 unspecified atom stereocenters. The first-order valence-corrected chi connectivity index (χ1v) is 9.77. The van der Waals surface area contributed by atoms with Gasteiger partial charge in [0.05, 0.1) is 0 Å². The zero-order valence-corrected chi connectivity index (χ0v) is 16.5. The first-order valence-electron chi connectivity index (χ1n) is 9.77. The second-order valence-corrected chi connectivity index (χ2v) is 7.77. The Hall–Kier alpha value is -3.27. The van der Waals surface area contributed by atoms with Crippen molar-refractivity contribution >= 4 is 11.8 Å². The molecule has 7 heteroatoms. The van der Waals surface area contributed by atoms with Crippen LogP contribution in [0.4, 0.5) is 8.78 Å². The molecule has 154 valence electrons. The molecule has 1 aliphatic carbocycles. The number of amidine groups is 1. The highest BCUT2D eigenvalue weighted by atomic mass is 19.1. The van der Waals surface area contributed by atoms with E-state index in [9.17, 15) is 13.6 Å². The summed E-state index contributed by atoms with van der Waals surface area (Å²) in [6.07, 6.45) is 2.28. The Bertz CT molecular complexity index is 1070. The number of nitrogens with zero attached hydrogens (tertiary/aromatic N) is 2. The van der Waals surface area contributed by atoms with Crippen molar-refractivity contribution in [3.63, 3.8) is 0 Å². The molecule has 1 aromatic carbocycles. The summed E-state index contributed by atoms with van der Waals surface area (Å²) in [5, 5.41) is 0. The predicted octanol–water partition coefficient (Wildman–Crippen LogP) is 3.31. The van der Waals surface area contributed by atoms with Gasteiger partial charge in [-0.15, -0.1) is 0 Å². The standard InChI is InChI=1S/C23H21F2N3O2/c1-23(21(25)13-30-22(26)28-23)17-10-16(6-8-18(17)24)11-20(29)19-9-7-15(12-27-19)5-4-14-2-3-14/h6-10,12,14,21H,2-3,11,13H2,1H3,(H2,26,28)/t21-,23+/m0/s1. The average Bonchev–Trinajstić information content (AvgIpc) is 3.56. The van der Waals surface area contributed by atoms with Crippen LogP contribution in [0.5, 0.6) is 0 Å². The number of aromatic nitrogens is 1. The van der Waals surface area contributed by atoms with Crippen LogP contribution >= 0.6 is 0 Å². The molecule has 4 rings (SSSR count). The Labute approximate surface area is 173 Å². The van der Waals surface area contributed by atoms with E-state index in [1.165, 1.54) is 25.1 Å². The molecule has 5 nitrogen and oxygen atoms in total. The van der Waals surface area contributed by atoms with Crippen molar-refractivity contribution in [2.24, 2.45) is 16.6 Å². The molecule has 2 heterocycles. The second-order valence-electron chi connectivity index (χ2n) is 7.77. The predicted molar refractivity (Wildman–Crippen MR) is 108 cm³/mol. The third-order valence-electron chi connectivity index (χ3n) is 5.32. The molecule has 1 aliphatic heterocycles. The van der Waals surface area contributed by atoms with Gasteiger partial charge in [-0.1, -0.05) is 17.9 Å². The maximum atomic E-state index is 14.5. The van der Waals surface area contributed by atoms with Crippen LogP contribution < -0.4 is 5.73 Å². The number of carbonyl (C=O) groups is 1. The Kier molecular flexibility index (Phi) is 5.25. The van der Waals surface area contributed by atoms with Crippen molar-refractivity contribution < 1.29 is 18.3 Å². The topological polar surface area (TPSA) is 77.6 Å². The van der Waals surface area contributed by atoms with Gasteiger partial charge in [0, 0.05) is 29.7 Å². The van der Waals surface area contributed by atoms with Crippen molar-refractivity contribution in [1.82, 2.24) is 4.98 Å². The number of alkyl halides is 1. The minimum Gasteiger partial charge on any atom is -0.462 e. The number of ether oxygens (including phenoxy) is 1. The zero-order chi connectivity index (χ0) is 21.3. The summed E-state index contributed by atoms with van der Waals surface area (Å²) in [7, 11) is 0. The van der Waals surface area contributed by atoms with E-state index in [0.717, 1.165) is 18.4 Å². The van der Waals surface area contributed by atoms with Crippen LogP contribution in [0.15, 0.2) is 41.5 Å². The maximum absolute atomic E-state index is 14.5. The van der Waals surface area contributed by atoms with Gasteiger partial charge >= 0.3 is 0 Å². The van der Waals surface area contributed by atoms with Crippen LogP contribution in [-0.2, 0) is 16.7 Å². The summed E-state index contributed by atoms with van der Waals surface area (Å²) in [4.78, 5) is 20.8. The van der Waals surface area contributed by atoms with Gasteiger partial charge in [0.25, 0.3) is 6.02 Å². The maximum Gasteiger partial charge on any atom is 0.283 e. The van der Waals surface area contributed by atoms with E-state index in [-0.39, 0.29) is 30.4 Å². The quantitative estimate of drug-likeness (QED) is 0.621. The second kappa shape index (κ2) is 7.86. The molecule has 0 bridgehead atoms. The molecule has 1 fully saturated rings. The number of halogens is 2. The van der Waals surface area contributed by atoms with Gasteiger partial charge in [0.15, 0.2) is 12.0 Å². The number of benzene rings is 1. The van der Waals surface area contributed by atoms with Crippen LogP contribution in [0.3, 0.4) is 0 Å². The van der Waals surface area contributed by atoms with Gasteiger partial charge in [0.1, 0.15) is 23.7 Å². The van der Waals surface area contributed by atoms with Gasteiger partial charge in [-0.25, -0.2) is 13.8 Å². The lowest BCUT2D eigenvalue weighted by Gasteiger charge is -2.33. The molecular weight excluding hydrogens is 388 g/mol. The lowest BCUT2D eigenvalue weighted by Crippen LogP contribution is -2.43. The van der Waals surface area contributed by atoms with E-state index >= 15 is 0 Å². The number of hydrogen-bond acceptors (Lipinski definition) is 5. The van der Waals surface area contributed by atoms with E-state index in [1.54, 1.807) is 18.3 Å². The molecule has 30 heavy (non-hydrogen) atoms. The van der Waals surface area contributed by atoms with Crippen LogP contribution in [0.25, 0.3) is 0 Å². The molecule has 0 radical (unpaired) electrons. The van der Waals surface area contributed by atoms with Crippen LogP contribution in [0.2, 0.25) is 0 Å². The van der Waals surface area contributed by atoms with Gasteiger partial charge in [-0.05, 0) is 49.6 Å². The normalized spacial score (nSPS) is 23.0. The first kappa shape index (κ1) is 20.0. The number of Topliss-reactive ketones (excluding diaryl/α,β-unsaturated/α-hetero) is 1. The van der Waals surface area contributed by atoms with Crippen molar-refractivity contribution in [3.05, 3.63) is 64.7 Å². The third-order valence-corrected chi connectivity index (χ3v) is 5.32. The molecule has 0 spiro atoms. The Balaban J connectivity index is 1.54. The lowest BCUT2D eigenvalue weighted by molar-refractivity contribution is 0.0921. The highest BCUT2D eigenvalue weighted by Crippen LogP contribution is 2.36. The summed E-state index contributed by atoms with van der Waals surface area (Å²) >= 11 is 0. The fourth-order valence-electron chi connectivity index (χ4n) is 3.27. The van der Waals surface area contributed by atoms with Gasteiger partial charge in [0.2, 0.25) is 0 Å². The van der Waals surface area contributed by atoms with Gasteiger partial charge in [-0.3, -0.25) is 9.78 Å². The SMILES string of the molecule is C[C@]1(c2cc(CC(=O)c3ccc(C#CC4CC4)cn3)ccc2F)N=C(N)OC[C@@H]1F. The molecule has 0 saturated heterocycles. The Morgan fingerprint density at radius 1 is 1.33 bits per heavy atom. The molecular formula is C23H21F2N3O2. The van der Waals surface area contributed by atoms with Crippen molar-refractivity contribution in [2.45, 2.75) is 37.9 Å². The molecule has 2 aliphatic rings. The van der Waals surface area contributed by atoms with Crippen molar-refractivity contribution in [3.8, 4) is 11.8 Å². The summed E-state index contributed by atoms with van der Waals surface area (Å²) in [6.45, 7) is 1.15. The largest absolute Gasteiger partial charge is 0.462 e. The number of pyridine rings is 1. The fourth-order valence-corrected chi connectivity index (χ4v) is 3.27. The van der Waals surface area contributed by atoms with E-state index in [0.29, 0.717) is 17.2 Å². The molecule has 2 atom stereocenters. The summed E-state index contributed by atoms with van der Waals surface area (Å²) in [6, 6.07) is 7.36. The molecule has 2 N–H and O–H groups in total. The monoisotopic (exact) mass is 409 g/mol. The Morgan fingerprint density at radius 2 is 2.13 bits per heavy atom. The number of aliphatic imine (C=N–C) groups is 1. The van der Waals surface area contributed by atoms with Crippen LogP contribution in [-0.4, -0.2) is 29.6 Å². The van der Waals surface area contributed by atoms with E-state index < -0.39 is 17.5 Å². The molecule has 1 aromatic heterocycles. The fraction of sp³-hybridized carbons (Fsp3) is 0.348. The molecule has 0 amide bonds. The van der Waals surface area contributed by atoms with Crippen molar-refractivity contribution in [2.75, 3.05) is 6.61 Å². The third kappa shape index (κ3) is 4.18. The van der Waals surface area contributed by atoms with Crippen molar-refractivity contribution in [1.29, 1.82) is 0 Å². The minimum atomic E-state index is -1.57. The minimum absolute atomic E-state index is 0.00386. The lowest BCUT2D eigenvalue weighted by atomic mass is 9.85. The summed E-state index contributed by atoms with van der Waals surface area (Å²) < 4.78 is 34.0. The van der Waals surface area contributed by atoms with E-state index in [1.807, 2.05) is 0 Å². The van der Waals surface area contributed by atoms with Gasteiger partial charge < -0.3 is 10.5 Å². The first-order chi connectivity index (χ1) is 14.3. The number of carbonyl (C=O) groups excluding carboxylic acids is 1. The van der Waals surface area contributed by atoms with Gasteiger partial charge in [-0.2, -0.15) is 0 Å². The molecule has 1 saturated carbocycles. The highest BCUT2D eigenvalue weighted by Gasteiger charge is 2.42. The number of ketones is 1. The van der Waals surface area contributed by atoms with E-state index in [4.69, 9.17) is 10.5 Å². The smallest absolute Gasteiger partial charge is 0.283 e. The zero-order valence-electron chi connectivity index (χ0n) is 16.5. The number of hydrogen-bond donors (Lipinski definition) is 1. The summed E-state index contributed by atoms with van der Waals surface area (Å²) in [5.41, 5.74) is 5.67. The average molecular weight is 409 g/mol. The summed E-state index contributed by atoms with van der Waals surface area (Å²) in [5.74, 6) is 5.83. The van der Waals surface area contributed by atoms with E-state index in [2.05, 4.69) is 21.8 Å². The van der Waals surface area contributed by atoms with Crippen LogP contribution in [0, 0.1) is 23.6 Å². The Morgan fingerprint density at radius 3 is 2.83 bits per heavy atom. The molecule has 2 aromatic rings. The number of nitrogens with two attached hydrogens (primary N) is 1. The van der Waals surface area contributed by atoms with Crippen LogP contribution in [0.1, 0.15) is 46.9 Å². The number of rotatable bonds is 4.